The number of rotatable bonds is 6. The maximum absolute atomic E-state index is 12.8. The summed E-state index contributed by atoms with van der Waals surface area (Å²) in [7, 11) is 0. The molecule has 2 aromatic rings. The molecule has 2 rings (SSSR count). The van der Waals surface area contributed by atoms with Crippen molar-refractivity contribution in [1.29, 1.82) is 0 Å². The Labute approximate surface area is 127 Å². The molecule has 0 saturated heterocycles. The van der Waals surface area contributed by atoms with E-state index in [2.05, 4.69) is 5.32 Å². The predicted octanol–water partition coefficient (Wildman–Crippen LogP) is 2.18. The van der Waals surface area contributed by atoms with Gasteiger partial charge in [0.25, 0.3) is 0 Å². The molecule has 0 spiro atoms. The molecule has 2 aromatic carbocycles. The van der Waals surface area contributed by atoms with Crippen LogP contribution in [0.5, 0.6) is 0 Å². The molecule has 2 N–H and O–H groups in total. The minimum absolute atomic E-state index is 0.0127. The lowest BCUT2D eigenvalue weighted by atomic mass is 10.1. The predicted molar refractivity (Wildman–Crippen MR) is 79.8 cm³/mol. The number of benzene rings is 2. The van der Waals surface area contributed by atoms with Gasteiger partial charge in [-0.1, -0.05) is 42.5 Å². The van der Waals surface area contributed by atoms with Gasteiger partial charge in [0.2, 0.25) is 5.91 Å². The first-order valence-electron chi connectivity index (χ1n) is 6.85. The van der Waals surface area contributed by atoms with Crippen molar-refractivity contribution >= 4 is 11.9 Å². The van der Waals surface area contributed by atoms with E-state index in [1.54, 1.807) is 0 Å². The smallest absolute Gasteiger partial charge is 0.326 e. The number of amides is 1. The van der Waals surface area contributed by atoms with Crippen LogP contribution in [0, 0.1) is 5.82 Å². The van der Waals surface area contributed by atoms with E-state index in [0.29, 0.717) is 5.56 Å². The van der Waals surface area contributed by atoms with Gasteiger partial charge >= 0.3 is 5.97 Å². The summed E-state index contributed by atoms with van der Waals surface area (Å²) in [4.78, 5) is 23.2. The molecule has 0 heterocycles. The molecule has 0 aliphatic heterocycles. The zero-order chi connectivity index (χ0) is 15.9. The second-order valence-electron chi connectivity index (χ2n) is 4.95. The number of hydrogen-bond donors (Lipinski definition) is 2. The maximum atomic E-state index is 12.8. The molecule has 114 valence electrons. The lowest BCUT2D eigenvalue weighted by Gasteiger charge is -2.14. The van der Waals surface area contributed by atoms with Crippen molar-refractivity contribution in [3.05, 3.63) is 71.5 Å². The van der Waals surface area contributed by atoms with Crippen molar-refractivity contribution in [2.45, 2.75) is 18.9 Å². The monoisotopic (exact) mass is 301 g/mol. The summed E-state index contributed by atoms with van der Waals surface area (Å²) in [6, 6.07) is 13.6. The van der Waals surface area contributed by atoms with Crippen LogP contribution in [0.2, 0.25) is 0 Å². The van der Waals surface area contributed by atoms with Gasteiger partial charge in [0.05, 0.1) is 6.42 Å². The average molecular weight is 301 g/mol. The van der Waals surface area contributed by atoms with E-state index in [4.69, 9.17) is 0 Å². The molecule has 22 heavy (non-hydrogen) atoms. The quantitative estimate of drug-likeness (QED) is 0.859. The summed E-state index contributed by atoms with van der Waals surface area (Å²) in [6.07, 6.45) is 0.226. The standard InChI is InChI=1S/C17H16FNO3/c18-14-8-6-13(7-9-14)11-16(20)19-15(17(21)22)10-12-4-2-1-3-5-12/h1-9,15H,10-11H2,(H,19,20)(H,21,22)/t15-/m1/s1. The lowest BCUT2D eigenvalue weighted by molar-refractivity contribution is -0.141. The van der Waals surface area contributed by atoms with Gasteiger partial charge in [-0.25, -0.2) is 9.18 Å². The number of aliphatic carboxylic acids is 1. The highest BCUT2D eigenvalue weighted by atomic mass is 19.1. The van der Waals surface area contributed by atoms with Gasteiger partial charge in [0, 0.05) is 6.42 Å². The topological polar surface area (TPSA) is 66.4 Å². The fourth-order valence-corrected chi connectivity index (χ4v) is 2.08. The number of nitrogens with one attached hydrogen (secondary N) is 1. The minimum atomic E-state index is -1.09. The van der Waals surface area contributed by atoms with Crippen molar-refractivity contribution in [3.8, 4) is 0 Å². The third-order valence-corrected chi connectivity index (χ3v) is 3.19. The lowest BCUT2D eigenvalue weighted by Crippen LogP contribution is -2.43. The van der Waals surface area contributed by atoms with E-state index < -0.39 is 17.9 Å². The molecule has 1 amide bonds. The molecule has 0 radical (unpaired) electrons. The fourth-order valence-electron chi connectivity index (χ4n) is 2.08. The Morgan fingerprint density at radius 2 is 1.64 bits per heavy atom. The van der Waals surface area contributed by atoms with Crippen molar-refractivity contribution in [2.75, 3.05) is 0 Å². The van der Waals surface area contributed by atoms with Crippen molar-refractivity contribution < 1.29 is 19.1 Å². The van der Waals surface area contributed by atoms with Gasteiger partial charge in [0.1, 0.15) is 11.9 Å². The number of hydrogen-bond acceptors (Lipinski definition) is 2. The van der Waals surface area contributed by atoms with Gasteiger partial charge < -0.3 is 10.4 Å². The molecule has 0 aromatic heterocycles. The number of carbonyl (C=O) groups excluding carboxylic acids is 1. The fraction of sp³-hybridized carbons (Fsp3) is 0.176. The van der Waals surface area contributed by atoms with E-state index in [9.17, 15) is 19.1 Å². The molecule has 0 unspecified atom stereocenters. The molecule has 1 atom stereocenters. The van der Waals surface area contributed by atoms with Crippen LogP contribution in [0.15, 0.2) is 54.6 Å². The van der Waals surface area contributed by atoms with Gasteiger partial charge in [0.15, 0.2) is 0 Å². The number of halogens is 1. The third-order valence-electron chi connectivity index (χ3n) is 3.19. The van der Waals surface area contributed by atoms with Gasteiger partial charge in [-0.05, 0) is 23.3 Å². The SMILES string of the molecule is O=C(Cc1ccc(F)cc1)N[C@H](Cc1ccccc1)C(=O)O. The van der Waals surface area contributed by atoms with Gasteiger partial charge in [-0.2, -0.15) is 0 Å². The Bertz CT molecular complexity index is 641. The largest absolute Gasteiger partial charge is 0.480 e. The normalized spacial score (nSPS) is 11.7. The van der Waals surface area contributed by atoms with Crippen LogP contribution in [0.3, 0.4) is 0 Å². The third kappa shape index (κ3) is 4.70. The summed E-state index contributed by atoms with van der Waals surface area (Å²) in [6.45, 7) is 0. The molecule has 0 bridgehead atoms. The number of carbonyl (C=O) groups is 2. The molecule has 4 nitrogen and oxygen atoms in total. The maximum Gasteiger partial charge on any atom is 0.326 e. The zero-order valence-electron chi connectivity index (χ0n) is 11.8. The summed E-state index contributed by atoms with van der Waals surface area (Å²) < 4.78 is 12.8. The number of carboxylic acid groups (broad SMARTS) is 1. The van der Waals surface area contributed by atoms with E-state index in [0.717, 1.165) is 5.56 Å². The van der Waals surface area contributed by atoms with Gasteiger partial charge in [-0.15, -0.1) is 0 Å². The van der Waals surface area contributed by atoms with Crippen LogP contribution >= 0.6 is 0 Å². The Balaban J connectivity index is 1.97. The highest BCUT2D eigenvalue weighted by Gasteiger charge is 2.20. The molecule has 0 saturated carbocycles. The molecule has 0 fully saturated rings. The van der Waals surface area contributed by atoms with Crippen LogP contribution in [0.1, 0.15) is 11.1 Å². The highest BCUT2D eigenvalue weighted by molar-refractivity contribution is 5.85. The molecular weight excluding hydrogens is 285 g/mol. The Morgan fingerprint density at radius 3 is 2.23 bits per heavy atom. The van der Waals surface area contributed by atoms with Crippen LogP contribution in [0.4, 0.5) is 4.39 Å². The molecule has 0 aliphatic rings. The first-order valence-corrected chi connectivity index (χ1v) is 6.85. The number of carboxylic acids is 1. The van der Waals surface area contributed by atoms with Crippen molar-refractivity contribution in [1.82, 2.24) is 5.32 Å². The summed E-state index contributed by atoms with van der Waals surface area (Å²) in [5, 5.41) is 11.7. The Hall–Kier alpha value is -2.69. The Morgan fingerprint density at radius 1 is 1.00 bits per heavy atom. The van der Waals surface area contributed by atoms with Crippen LogP contribution in [-0.2, 0) is 22.4 Å². The van der Waals surface area contributed by atoms with E-state index >= 15 is 0 Å². The first-order chi connectivity index (χ1) is 10.5. The van der Waals surface area contributed by atoms with Crippen LogP contribution < -0.4 is 5.32 Å². The second-order valence-corrected chi connectivity index (χ2v) is 4.95. The van der Waals surface area contributed by atoms with Crippen molar-refractivity contribution in [3.63, 3.8) is 0 Å². The molecule has 5 heteroatoms. The van der Waals surface area contributed by atoms with Crippen LogP contribution in [-0.4, -0.2) is 23.0 Å². The summed E-state index contributed by atoms with van der Waals surface area (Å²) >= 11 is 0. The minimum Gasteiger partial charge on any atom is -0.480 e. The van der Waals surface area contributed by atoms with Crippen molar-refractivity contribution in [2.24, 2.45) is 0 Å². The van der Waals surface area contributed by atoms with E-state index in [1.807, 2.05) is 30.3 Å². The van der Waals surface area contributed by atoms with Gasteiger partial charge in [-0.3, -0.25) is 4.79 Å². The van der Waals surface area contributed by atoms with Crippen LogP contribution in [0.25, 0.3) is 0 Å². The second kappa shape index (κ2) is 7.36. The first kappa shape index (κ1) is 15.7. The zero-order valence-corrected chi connectivity index (χ0v) is 11.8. The average Bonchev–Trinajstić information content (AvgIpc) is 2.50. The molecular formula is C17H16FNO3. The summed E-state index contributed by atoms with van der Waals surface area (Å²) in [5.74, 6) is -1.87. The van der Waals surface area contributed by atoms with E-state index in [-0.39, 0.29) is 18.7 Å². The summed E-state index contributed by atoms with van der Waals surface area (Å²) in [5.41, 5.74) is 1.46. The molecule has 0 aliphatic carbocycles. The Kier molecular flexibility index (Phi) is 5.25. The van der Waals surface area contributed by atoms with E-state index in [1.165, 1.54) is 24.3 Å². The highest BCUT2D eigenvalue weighted by Crippen LogP contribution is 2.06.